The fourth-order valence-corrected chi connectivity index (χ4v) is 3.50. The summed E-state index contributed by atoms with van der Waals surface area (Å²) in [7, 11) is 0. The number of carbonyl (C=O) groups is 1. The van der Waals surface area contributed by atoms with Gasteiger partial charge in [-0.25, -0.2) is 4.98 Å². The number of amides is 1. The molecule has 0 aliphatic carbocycles. The zero-order chi connectivity index (χ0) is 15.9. The fraction of sp³-hybridized carbons (Fsp3) is 0.333. The van der Waals surface area contributed by atoms with Crippen molar-refractivity contribution >= 4 is 28.5 Å². The molecule has 1 aromatic heterocycles. The maximum absolute atomic E-state index is 11.9. The van der Waals surface area contributed by atoms with Crippen LogP contribution in [0, 0.1) is 5.92 Å². The molecule has 0 bridgehead atoms. The zero-order valence-electron chi connectivity index (χ0n) is 13.0. The highest BCUT2D eigenvalue weighted by Crippen LogP contribution is 2.24. The molecule has 2 aromatic rings. The molecule has 5 heteroatoms. The maximum atomic E-state index is 11.9. The highest BCUT2D eigenvalue weighted by atomic mass is 32.1. The Morgan fingerprint density at radius 1 is 1.39 bits per heavy atom. The van der Waals surface area contributed by atoms with Gasteiger partial charge in [-0.15, -0.1) is 11.3 Å². The van der Waals surface area contributed by atoms with E-state index in [1.807, 2.05) is 48.0 Å². The summed E-state index contributed by atoms with van der Waals surface area (Å²) in [5.74, 6) is 0.460. The van der Waals surface area contributed by atoms with Crippen LogP contribution in [0.15, 0.2) is 48.0 Å². The van der Waals surface area contributed by atoms with E-state index < -0.39 is 0 Å². The molecule has 23 heavy (non-hydrogen) atoms. The van der Waals surface area contributed by atoms with E-state index in [1.54, 1.807) is 17.4 Å². The Kier molecular flexibility index (Phi) is 5.42. The third-order valence-corrected chi connectivity index (χ3v) is 4.83. The minimum atomic E-state index is -0.0276. The molecule has 0 spiro atoms. The Bertz CT molecular complexity index is 640. The summed E-state index contributed by atoms with van der Waals surface area (Å²) in [5.41, 5.74) is 1.04. The summed E-state index contributed by atoms with van der Waals surface area (Å²) in [6, 6.07) is 9.86. The Labute approximate surface area is 140 Å². The van der Waals surface area contributed by atoms with E-state index in [-0.39, 0.29) is 5.91 Å². The van der Waals surface area contributed by atoms with E-state index in [1.165, 1.54) is 0 Å². The average Bonchev–Trinajstić information content (AvgIpc) is 3.14. The van der Waals surface area contributed by atoms with Crippen molar-refractivity contribution in [3.8, 4) is 0 Å². The normalized spacial score (nSPS) is 18.3. The molecule has 0 saturated carbocycles. The summed E-state index contributed by atoms with van der Waals surface area (Å²) >= 11 is 1.68. The number of thiazole rings is 1. The molecule has 4 nitrogen and oxygen atoms in total. The maximum Gasteiger partial charge on any atom is 0.244 e. The molecular formula is C18H21N3OS. The van der Waals surface area contributed by atoms with Gasteiger partial charge in [0, 0.05) is 37.3 Å². The summed E-state index contributed by atoms with van der Waals surface area (Å²) in [6.45, 7) is 2.75. The van der Waals surface area contributed by atoms with Gasteiger partial charge >= 0.3 is 0 Å². The standard InChI is InChI=1S/C18H21N3OS/c22-17(9-8-15-5-2-1-3-6-15)20-13-16-7-4-11-21(14-16)18-19-10-12-23-18/h1-3,5-6,8-10,12,16H,4,7,11,13-14H2,(H,20,22)/b9-8+. The van der Waals surface area contributed by atoms with E-state index in [0.717, 1.165) is 43.2 Å². The summed E-state index contributed by atoms with van der Waals surface area (Å²) in [6.07, 6.45) is 7.61. The molecule has 1 aliphatic rings. The van der Waals surface area contributed by atoms with E-state index in [4.69, 9.17) is 0 Å². The van der Waals surface area contributed by atoms with Crippen LogP contribution in [0.1, 0.15) is 18.4 Å². The number of nitrogens with zero attached hydrogens (tertiary/aromatic N) is 2. The van der Waals surface area contributed by atoms with Crippen molar-refractivity contribution in [3.05, 3.63) is 53.5 Å². The second kappa shape index (κ2) is 7.92. The van der Waals surface area contributed by atoms with Gasteiger partial charge in [0.25, 0.3) is 0 Å². The lowest BCUT2D eigenvalue weighted by Crippen LogP contribution is -2.40. The van der Waals surface area contributed by atoms with Crippen LogP contribution >= 0.6 is 11.3 Å². The van der Waals surface area contributed by atoms with Crippen molar-refractivity contribution in [2.24, 2.45) is 5.92 Å². The van der Waals surface area contributed by atoms with Gasteiger partial charge in [0.15, 0.2) is 5.13 Å². The number of rotatable bonds is 5. The Morgan fingerprint density at radius 3 is 3.04 bits per heavy atom. The minimum Gasteiger partial charge on any atom is -0.352 e. The molecule has 3 rings (SSSR count). The SMILES string of the molecule is O=C(/C=C/c1ccccc1)NCC1CCCN(c2nccs2)C1. The number of piperidine rings is 1. The molecule has 1 N–H and O–H groups in total. The number of nitrogens with one attached hydrogen (secondary N) is 1. The molecule has 2 heterocycles. The molecule has 1 unspecified atom stereocenters. The first-order valence-electron chi connectivity index (χ1n) is 7.96. The van der Waals surface area contributed by atoms with E-state index in [9.17, 15) is 4.79 Å². The first kappa shape index (κ1) is 15.7. The van der Waals surface area contributed by atoms with Crippen LogP contribution in [-0.4, -0.2) is 30.5 Å². The number of hydrogen-bond acceptors (Lipinski definition) is 4. The number of carbonyl (C=O) groups excluding carboxylic acids is 1. The van der Waals surface area contributed by atoms with Crippen LogP contribution in [0.3, 0.4) is 0 Å². The van der Waals surface area contributed by atoms with Gasteiger partial charge in [-0.3, -0.25) is 4.79 Å². The molecular weight excluding hydrogens is 306 g/mol. The molecule has 1 aliphatic heterocycles. The molecule has 1 saturated heterocycles. The van der Waals surface area contributed by atoms with Crippen molar-refractivity contribution in [3.63, 3.8) is 0 Å². The van der Waals surface area contributed by atoms with Crippen LogP contribution in [0.4, 0.5) is 5.13 Å². The summed E-state index contributed by atoms with van der Waals surface area (Å²) in [4.78, 5) is 18.7. The van der Waals surface area contributed by atoms with E-state index >= 15 is 0 Å². The second-order valence-electron chi connectivity index (χ2n) is 5.76. The fourth-order valence-electron chi connectivity index (χ4n) is 2.82. The number of aromatic nitrogens is 1. The predicted octanol–water partition coefficient (Wildman–Crippen LogP) is 3.19. The first-order valence-corrected chi connectivity index (χ1v) is 8.84. The number of benzene rings is 1. The van der Waals surface area contributed by atoms with Crippen molar-refractivity contribution in [1.29, 1.82) is 0 Å². The van der Waals surface area contributed by atoms with Crippen molar-refractivity contribution < 1.29 is 4.79 Å². The minimum absolute atomic E-state index is 0.0276. The predicted molar refractivity (Wildman–Crippen MR) is 95.5 cm³/mol. The number of hydrogen-bond donors (Lipinski definition) is 1. The lowest BCUT2D eigenvalue weighted by atomic mass is 9.98. The Hall–Kier alpha value is -2.14. The largest absolute Gasteiger partial charge is 0.352 e. The quantitative estimate of drug-likeness (QED) is 0.858. The average molecular weight is 327 g/mol. The van der Waals surface area contributed by atoms with Crippen LogP contribution < -0.4 is 10.2 Å². The Morgan fingerprint density at radius 2 is 2.26 bits per heavy atom. The smallest absolute Gasteiger partial charge is 0.244 e. The lowest BCUT2D eigenvalue weighted by Gasteiger charge is -2.32. The summed E-state index contributed by atoms with van der Waals surface area (Å²) < 4.78 is 0. The lowest BCUT2D eigenvalue weighted by molar-refractivity contribution is -0.116. The third-order valence-electron chi connectivity index (χ3n) is 4.00. The van der Waals surface area contributed by atoms with Gasteiger partial charge in [-0.1, -0.05) is 30.3 Å². The molecule has 1 fully saturated rings. The van der Waals surface area contributed by atoms with Crippen molar-refractivity contribution in [2.45, 2.75) is 12.8 Å². The monoisotopic (exact) mass is 327 g/mol. The third kappa shape index (κ3) is 4.66. The van der Waals surface area contributed by atoms with E-state index in [2.05, 4.69) is 15.2 Å². The molecule has 1 aromatic carbocycles. The van der Waals surface area contributed by atoms with Gasteiger partial charge in [0.05, 0.1) is 0 Å². The first-order chi connectivity index (χ1) is 11.3. The Balaban J connectivity index is 1.46. The zero-order valence-corrected chi connectivity index (χ0v) is 13.8. The van der Waals surface area contributed by atoms with Gasteiger partial charge < -0.3 is 10.2 Å². The van der Waals surface area contributed by atoms with Gasteiger partial charge in [0.1, 0.15) is 0 Å². The van der Waals surface area contributed by atoms with Gasteiger partial charge in [-0.2, -0.15) is 0 Å². The van der Waals surface area contributed by atoms with Crippen LogP contribution in [0.5, 0.6) is 0 Å². The molecule has 120 valence electrons. The van der Waals surface area contributed by atoms with Crippen LogP contribution in [-0.2, 0) is 4.79 Å². The number of anilines is 1. The van der Waals surface area contributed by atoms with Crippen molar-refractivity contribution in [1.82, 2.24) is 10.3 Å². The topological polar surface area (TPSA) is 45.2 Å². The van der Waals surface area contributed by atoms with Gasteiger partial charge in [-0.05, 0) is 30.4 Å². The van der Waals surface area contributed by atoms with Crippen LogP contribution in [0.2, 0.25) is 0 Å². The van der Waals surface area contributed by atoms with E-state index in [0.29, 0.717) is 5.92 Å². The molecule has 0 radical (unpaired) electrons. The molecule has 1 atom stereocenters. The van der Waals surface area contributed by atoms with Gasteiger partial charge in [0.2, 0.25) is 5.91 Å². The summed E-state index contributed by atoms with van der Waals surface area (Å²) in [5, 5.41) is 6.12. The van der Waals surface area contributed by atoms with Crippen LogP contribution in [0.25, 0.3) is 6.08 Å². The van der Waals surface area contributed by atoms with Crippen molar-refractivity contribution in [2.75, 3.05) is 24.5 Å². The second-order valence-corrected chi connectivity index (χ2v) is 6.63. The highest BCUT2D eigenvalue weighted by molar-refractivity contribution is 7.13. The highest BCUT2D eigenvalue weighted by Gasteiger charge is 2.21. The molecule has 1 amide bonds.